The van der Waals surface area contributed by atoms with Gasteiger partial charge in [-0.25, -0.2) is 4.98 Å². The van der Waals surface area contributed by atoms with Crippen molar-refractivity contribution in [3.63, 3.8) is 0 Å². The summed E-state index contributed by atoms with van der Waals surface area (Å²) in [6, 6.07) is 46.4. The summed E-state index contributed by atoms with van der Waals surface area (Å²) in [5.41, 5.74) is 17.2. The van der Waals surface area contributed by atoms with Gasteiger partial charge in [-0.15, -0.1) is 0 Å². The largest absolute Gasteiger partial charge is 0.261 e. The van der Waals surface area contributed by atoms with Crippen LogP contribution in [0.1, 0.15) is 77.5 Å². The van der Waals surface area contributed by atoms with Gasteiger partial charge in [-0.05, 0) is 86.7 Å². The first kappa shape index (κ1) is 31.1. The Morgan fingerprint density at radius 1 is 0.588 bits per heavy atom. The van der Waals surface area contributed by atoms with Crippen molar-refractivity contribution in [2.45, 2.75) is 43.9 Å². The lowest BCUT2D eigenvalue weighted by Crippen LogP contribution is -2.17. The lowest BCUT2D eigenvalue weighted by atomic mass is 9.69. The standard InChI is InChI=1S/C49H40N2/c1-32(2)47-29-36(23-24-50-47)38-25-37(35-21-22-45-43-19-10-9-17-41(43)42-18-11-12-20-44(42)46(45)28-35)26-39(27-38)40-30-48(33-13-5-3-6-14-33)51-49(31-40)34-15-7-4-8-16-34/h3-25,27-32,37,41,43H,26H2,1-2H3. The van der Waals surface area contributed by atoms with Crippen LogP contribution in [0.5, 0.6) is 0 Å². The molecule has 9 rings (SSSR count). The number of fused-ring (bicyclic) bond motifs is 6. The van der Waals surface area contributed by atoms with Gasteiger partial charge in [0, 0.05) is 40.8 Å². The van der Waals surface area contributed by atoms with E-state index in [1.165, 1.54) is 50.1 Å². The molecule has 3 aliphatic rings. The Kier molecular flexibility index (Phi) is 8.01. The highest BCUT2D eigenvalue weighted by atomic mass is 14.7. The van der Waals surface area contributed by atoms with E-state index in [1.807, 2.05) is 6.20 Å². The van der Waals surface area contributed by atoms with Crippen LogP contribution in [0.3, 0.4) is 0 Å². The van der Waals surface area contributed by atoms with Crippen LogP contribution in [0.25, 0.3) is 44.8 Å². The average molecular weight is 657 g/mol. The molecule has 0 saturated carbocycles. The smallest absolute Gasteiger partial charge is 0.0715 e. The highest BCUT2D eigenvalue weighted by Crippen LogP contribution is 2.51. The molecule has 6 aromatic rings. The molecule has 0 fully saturated rings. The fourth-order valence-corrected chi connectivity index (χ4v) is 8.14. The van der Waals surface area contributed by atoms with E-state index in [1.54, 1.807) is 0 Å². The third-order valence-electron chi connectivity index (χ3n) is 10.8. The van der Waals surface area contributed by atoms with E-state index in [0.29, 0.717) is 17.8 Å². The maximum Gasteiger partial charge on any atom is 0.0715 e. The van der Waals surface area contributed by atoms with Crippen molar-refractivity contribution in [1.29, 1.82) is 0 Å². The molecule has 2 heteroatoms. The predicted molar refractivity (Wildman–Crippen MR) is 212 cm³/mol. The molecule has 246 valence electrons. The van der Waals surface area contributed by atoms with Crippen molar-refractivity contribution in [3.8, 4) is 33.6 Å². The van der Waals surface area contributed by atoms with Crippen LogP contribution in [-0.4, -0.2) is 9.97 Å². The zero-order valence-electron chi connectivity index (χ0n) is 29.1. The quantitative estimate of drug-likeness (QED) is 0.178. The van der Waals surface area contributed by atoms with Crippen molar-refractivity contribution in [2.75, 3.05) is 0 Å². The minimum atomic E-state index is 0.196. The Morgan fingerprint density at radius 3 is 1.92 bits per heavy atom. The third kappa shape index (κ3) is 5.91. The van der Waals surface area contributed by atoms with Crippen molar-refractivity contribution >= 4 is 11.1 Å². The Balaban J connectivity index is 1.19. The second-order valence-electron chi connectivity index (χ2n) is 14.3. The molecule has 2 nitrogen and oxygen atoms in total. The first-order valence-electron chi connectivity index (χ1n) is 18.2. The van der Waals surface area contributed by atoms with Gasteiger partial charge >= 0.3 is 0 Å². The summed E-state index contributed by atoms with van der Waals surface area (Å²) in [5.74, 6) is 1.29. The predicted octanol–water partition coefficient (Wildman–Crippen LogP) is 12.6. The molecule has 3 unspecified atom stereocenters. The number of nitrogens with zero attached hydrogens (tertiary/aromatic N) is 2. The van der Waals surface area contributed by atoms with E-state index in [2.05, 4.69) is 178 Å². The number of aromatic nitrogens is 2. The van der Waals surface area contributed by atoms with Crippen LogP contribution in [-0.2, 0) is 0 Å². The van der Waals surface area contributed by atoms with Crippen LogP contribution < -0.4 is 0 Å². The highest BCUT2D eigenvalue weighted by Gasteiger charge is 2.32. The third-order valence-corrected chi connectivity index (χ3v) is 10.8. The molecule has 4 aromatic carbocycles. The van der Waals surface area contributed by atoms with E-state index < -0.39 is 0 Å². The molecule has 0 radical (unpaired) electrons. The minimum absolute atomic E-state index is 0.196. The Morgan fingerprint density at radius 2 is 1.24 bits per heavy atom. The molecule has 0 spiro atoms. The van der Waals surface area contributed by atoms with Gasteiger partial charge in [0.25, 0.3) is 0 Å². The minimum Gasteiger partial charge on any atom is -0.261 e. The van der Waals surface area contributed by atoms with Crippen LogP contribution in [0.4, 0.5) is 0 Å². The van der Waals surface area contributed by atoms with Crippen molar-refractivity contribution < 1.29 is 0 Å². The van der Waals surface area contributed by atoms with Gasteiger partial charge in [0.05, 0.1) is 11.4 Å². The van der Waals surface area contributed by atoms with E-state index in [9.17, 15) is 0 Å². The molecule has 0 amide bonds. The van der Waals surface area contributed by atoms with Gasteiger partial charge in [0.15, 0.2) is 0 Å². The zero-order chi connectivity index (χ0) is 34.3. The van der Waals surface area contributed by atoms with E-state index in [-0.39, 0.29) is 5.92 Å². The lowest BCUT2D eigenvalue weighted by Gasteiger charge is -2.34. The van der Waals surface area contributed by atoms with Crippen molar-refractivity contribution in [3.05, 3.63) is 204 Å². The molecule has 51 heavy (non-hydrogen) atoms. The molecule has 0 N–H and O–H groups in total. The van der Waals surface area contributed by atoms with Gasteiger partial charge in [-0.1, -0.05) is 153 Å². The molecule has 0 bridgehead atoms. The lowest BCUT2D eigenvalue weighted by molar-refractivity contribution is 0.718. The summed E-state index contributed by atoms with van der Waals surface area (Å²) in [4.78, 5) is 9.91. The number of allylic oxidation sites excluding steroid dienone is 8. The summed E-state index contributed by atoms with van der Waals surface area (Å²) in [7, 11) is 0. The number of hydrogen-bond acceptors (Lipinski definition) is 2. The highest BCUT2D eigenvalue weighted by molar-refractivity contribution is 5.89. The van der Waals surface area contributed by atoms with Crippen LogP contribution in [0.2, 0.25) is 0 Å². The first-order chi connectivity index (χ1) is 25.1. The number of pyridine rings is 2. The monoisotopic (exact) mass is 656 g/mol. The fraction of sp³-hybridized carbons (Fsp3) is 0.143. The number of hydrogen-bond donors (Lipinski definition) is 0. The number of rotatable bonds is 6. The summed E-state index contributed by atoms with van der Waals surface area (Å²) in [6.07, 6.45) is 16.9. The summed E-state index contributed by atoms with van der Waals surface area (Å²) >= 11 is 0. The Hall–Kier alpha value is -5.86. The fourth-order valence-electron chi connectivity index (χ4n) is 8.14. The molecule has 3 aliphatic carbocycles. The van der Waals surface area contributed by atoms with E-state index in [0.717, 1.165) is 34.6 Å². The van der Waals surface area contributed by atoms with E-state index in [4.69, 9.17) is 9.97 Å². The molecule has 2 aromatic heterocycles. The van der Waals surface area contributed by atoms with Crippen molar-refractivity contribution in [1.82, 2.24) is 9.97 Å². The topological polar surface area (TPSA) is 25.8 Å². The summed E-state index contributed by atoms with van der Waals surface area (Å²) < 4.78 is 0. The normalized spacial score (nSPS) is 18.8. The van der Waals surface area contributed by atoms with Gasteiger partial charge in [-0.3, -0.25) is 4.98 Å². The van der Waals surface area contributed by atoms with Crippen LogP contribution in [0.15, 0.2) is 170 Å². The second kappa shape index (κ2) is 13.1. The average Bonchev–Trinajstić information content (AvgIpc) is 3.21. The molecule has 2 heterocycles. The summed E-state index contributed by atoms with van der Waals surface area (Å²) in [6.45, 7) is 4.43. The molecular formula is C49H40N2. The first-order valence-corrected chi connectivity index (χ1v) is 18.2. The number of benzene rings is 4. The molecular weight excluding hydrogens is 617 g/mol. The second-order valence-corrected chi connectivity index (χ2v) is 14.3. The van der Waals surface area contributed by atoms with Gasteiger partial charge in [-0.2, -0.15) is 0 Å². The van der Waals surface area contributed by atoms with Gasteiger partial charge in [0.2, 0.25) is 0 Å². The maximum atomic E-state index is 5.20. The Bertz CT molecular complexity index is 2320. The molecule has 0 saturated heterocycles. The maximum absolute atomic E-state index is 5.20. The van der Waals surface area contributed by atoms with Crippen LogP contribution >= 0.6 is 0 Å². The van der Waals surface area contributed by atoms with E-state index >= 15 is 0 Å². The summed E-state index contributed by atoms with van der Waals surface area (Å²) in [5, 5.41) is 0. The van der Waals surface area contributed by atoms with Crippen LogP contribution in [0, 0.1) is 0 Å². The van der Waals surface area contributed by atoms with Crippen molar-refractivity contribution in [2.24, 2.45) is 0 Å². The SMILES string of the molecule is CC(C)c1cc(C2=CC(c3ccc4c(c3)-c3ccccc3C3C=CC=CC43)CC(c3cc(-c4ccccc4)nc(-c4ccccc4)c3)=C2)ccn1. The zero-order valence-corrected chi connectivity index (χ0v) is 29.1. The van der Waals surface area contributed by atoms with Gasteiger partial charge < -0.3 is 0 Å². The Labute approximate surface area is 301 Å². The van der Waals surface area contributed by atoms with Gasteiger partial charge in [0.1, 0.15) is 0 Å². The molecule has 3 atom stereocenters. The molecule has 0 aliphatic heterocycles.